The van der Waals surface area contributed by atoms with Crippen molar-refractivity contribution in [2.45, 2.75) is 63.8 Å². The van der Waals surface area contributed by atoms with Gasteiger partial charge in [-0.3, -0.25) is 0 Å². The average Bonchev–Trinajstić information content (AvgIpc) is 2.87. The number of methoxy groups -OCH3 is 1. The van der Waals surface area contributed by atoms with Crippen LogP contribution in [0.4, 0.5) is 0 Å². The van der Waals surface area contributed by atoms with Crippen molar-refractivity contribution in [2.24, 2.45) is 5.92 Å². The summed E-state index contributed by atoms with van der Waals surface area (Å²) in [6, 6.07) is 0. The first-order chi connectivity index (χ1) is 8.63. The van der Waals surface area contributed by atoms with Gasteiger partial charge in [0.25, 0.3) is 0 Å². The smallest absolute Gasteiger partial charge is 0.0781 e. The van der Waals surface area contributed by atoms with E-state index in [1.54, 1.807) is 7.11 Å². The number of hydrogen-bond donors (Lipinski definition) is 2. The summed E-state index contributed by atoms with van der Waals surface area (Å²) in [6.45, 7) is 2.78. The molecule has 18 heavy (non-hydrogen) atoms. The van der Waals surface area contributed by atoms with Crippen molar-refractivity contribution in [1.29, 1.82) is 0 Å². The molecule has 0 aliphatic heterocycles. The maximum atomic E-state index is 9.99. The Balaban J connectivity index is 2.06. The van der Waals surface area contributed by atoms with Gasteiger partial charge in [-0.2, -0.15) is 0 Å². The van der Waals surface area contributed by atoms with Crippen LogP contribution in [0.25, 0.3) is 0 Å². The molecule has 3 atom stereocenters. The molecule has 1 saturated carbocycles. The molecule has 4 nitrogen and oxygen atoms in total. The van der Waals surface area contributed by atoms with Crippen LogP contribution < -0.4 is 0 Å². The second-order valence-electron chi connectivity index (χ2n) is 5.44. The van der Waals surface area contributed by atoms with Gasteiger partial charge < -0.3 is 19.7 Å². The lowest BCUT2D eigenvalue weighted by molar-refractivity contribution is -0.0377. The Labute approximate surface area is 110 Å². The third-order valence-electron chi connectivity index (χ3n) is 3.71. The molecule has 2 N–H and O–H groups in total. The maximum absolute atomic E-state index is 9.99. The molecule has 1 aliphatic carbocycles. The molecule has 0 amide bonds. The highest BCUT2D eigenvalue weighted by atomic mass is 16.5. The summed E-state index contributed by atoms with van der Waals surface area (Å²) >= 11 is 0. The minimum absolute atomic E-state index is 0.00408. The summed E-state index contributed by atoms with van der Waals surface area (Å²) in [6.07, 6.45) is 5.30. The van der Waals surface area contributed by atoms with Crippen LogP contribution in [-0.2, 0) is 9.47 Å². The van der Waals surface area contributed by atoms with Gasteiger partial charge in [0.15, 0.2) is 0 Å². The first kappa shape index (κ1) is 15.9. The van der Waals surface area contributed by atoms with Gasteiger partial charge >= 0.3 is 0 Å². The van der Waals surface area contributed by atoms with Crippen molar-refractivity contribution in [3.8, 4) is 0 Å². The zero-order chi connectivity index (χ0) is 13.4. The zero-order valence-electron chi connectivity index (χ0n) is 11.7. The van der Waals surface area contributed by atoms with Crippen LogP contribution in [-0.4, -0.2) is 48.8 Å². The topological polar surface area (TPSA) is 58.9 Å². The van der Waals surface area contributed by atoms with Crippen LogP contribution >= 0.6 is 0 Å². The predicted octanol–water partition coefficient (Wildman–Crippen LogP) is 1.73. The molecule has 4 heteroatoms. The Bertz CT molecular complexity index is 204. The Morgan fingerprint density at radius 2 is 1.78 bits per heavy atom. The fourth-order valence-corrected chi connectivity index (χ4v) is 2.58. The Morgan fingerprint density at radius 3 is 2.39 bits per heavy atom. The molecule has 0 aromatic rings. The normalized spacial score (nSPS) is 22.0. The second kappa shape index (κ2) is 8.86. The van der Waals surface area contributed by atoms with Crippen LogP contribution in [0, 0.1) is 5.92 Å². The van der Waals surface area contributed by atoms with Gasteiger partial charge in [0.2, 0.25) is 0 Å². The summed E-state index contributed by atoms with van der Waals surface area (Å²) in [5.41, 5.74) is 0. The first-order valence-electron chi connectivity index (χ1n) is 7.10. The highest BCUT2D eigenvalue weighted by Crippen LogP contribution is 2.29. The van der Waals surface area contributed by atoms with Crippen molar-refractivity contribution in [3.05, 3.63) is 0 Å². The number of hydrogen-bond acceptors (Lipinski definition) is 4. The molecule has 1 rings (SSSR count). The number of ether oxygens (including phenoxy) is 2. The third-order valence-corrected chi connectivity index (χ3v) is 3.71. The summed E-state index contributed by atoms with van der Waals surface area (Å²) < 4.78 is 10.4. The molecular weight excluding hydrogens is 232 g/mol. The minimum Gasteiger partial charge on any atom is -0.393 e. The molecule has 0 radical (unpaired) electrons. The van der Waals surface area contributed by atoms with Crippen LogP contribution in [0.1, 0.15) is 45.4 Å². The molecule has 0 bridgehead atoms. The van der Waals surface area contributed by atoms with E-state index in [4.69, 9.17) is 9.47 Å². The maximum Gasteiger partial charge on any atom is 0.0781 e. The van der Waals surface area contributed by atoms with E-state index in [-0.39, 0.29) is 12.2 Å². The van der Waals surface area contributed by atoms with Gasteiger partial charge in [-0.25, -0.2) is 0 Å². The third kappa shape index (κ3) is 6.14. The SMILES string of the molecule is COCC(C)OCC(O)CCC(O)C1CCCC1. The van der Waals surface area contributed by atoms with E-state index < -0.39 is 6.10 Å². The molecule has 0 aromatic heterocycles. The second-order valence-corrected chi connectivity index (χ2v) is 5.44. The number of aliphatic hydroxyl groups excluding tert-OH is 2. The summed E-state index contributed by atoms with van der Waals surface area (Å²) in [4.78, 5) is 0. The van der Waals surface area contributed by atoms with Crippen LogP contribution in [0.5, 0.6) is 0 Å². The van der Waals surface area contributed by atoms with Crippen LogP contribution in [0.2, 0.25) is 0 Å². The Morgan fingerprint density at radius 1 is 1.11 bits per heavy atom. The number of aliphatic hydroxyl groups is 2. The zero-order valence-corrected chi connectivity index (χ0v) is 11.7. The molecule has 1 aliphatic rings. The van der Waals surface area contributed by atoms with Crippen molar-refractivity contribution in [3.63, 3.8) is 0 Å². The monoisotopic (exact) mass is 260 g/mol. The highest BCUT2D eigenvalue weighted by Gasteiger charge is 2.23. The summed E-state index contributed by atoms with van der Waals surface area (Å²) in [5, 5.41) is 19.8. The van der Waals surface area contributed by atoms with Crippen molar-refractivity contribution in [2.75, 3.05) is 20.3 Å². The molecule has 0 saturated heterocycles. The molecule has 108 valence electrons. The average molecular weight is 260 g/mol. The number of rotatable bonds is 9. The first-order valence-corrected chi connectivity index (χ1v) is 7.10. The molecule has 0 aromatic carbocycles. The largest absolute Gasteiger partial charge is 0.393 e. The van der Waals surface area contributed by atoms with Crippen molar-refractivity contribution < 1.29 is 19.7 Å². The summed E-state index contributed by atoms with van der Waals surface area (Å²) in [7, 11) is 1.63. The van der Waals surface area contributed by atoms with Gasteiger partial charge in [0, 0.05) is 7.11 Å². The van der Waals surface area contributed by atoms with Crippen molar-refractivity contribution in [1.82, 2.24) is 0 Å². The molecular formula is C14H28O4. The standard InChI is InChI=1S/C14H28O4/c1-11(9-17-2)18-10-13(15)7-8-14(16)12-5-3-4-6-12/h11-16H,3-10H2,1-2H3. The van der Waals surface area contributed by atoms with E-state index in [2.05, 4.69) is 0 Å². The van der Waals surface area contributed by atoms with Gasteiger partial charge in [0.05, 0.1) is 31.5 Å². The lowest BCUT2D eigenvalue weighted by Gasteiger charge is -2.20. The molecule has 3 unspecified atom stereocenters. The van der Waals surface area contributed by atoms with E-state index in [1.807, 2.05) is 6.92 Å². The fraction of sp³-hybridized carbons (Fsp3) is 1.00. The quantitative estimate of drug-likeness (QED) is 0.663. The molecule has 0 heterocycles. The van der Waals surface area contributed by atoms with Gasteiger partial charge in [-0.05, 0) is 38.5 Å². The van der Waals surface area contributed by atoms with E-state index in [0.717, 1.165) is 12.8 Å². The van der Waals surface area contributed by atoms with E-state index in [1.165, 1.54) is 12.8 Å². The molecule has 0 spiro atoms. The van der Waals surface area contributed by atoms with Gasteiger partial charge in [-0.1, -0.05) is 12.8 Å². The lowest BCUT2D eigenvalue weighted by Crippen LogP contribution is -2.25. The minimum atomic E-state index is -0.486. The van der Waals surface area contributed by atoms with Crippen LogP contribution in [0.3, 0.4) is 0 Å². The van der Waals surface area contributed by atoms with E-state index >= 15 is 0 Å². The lowest BCUT2D eigenvalue weighted by atomic mass is 9.96. The highest BCUT2D eigenvalue weighted by molar-refractivity contribution is 4.75. The summed E-state index contributed by atoms with van der Waals surface area (Å²) in [5.74, 6) is 0.450. The van der Waals surface area contributed by atoms with Gasteiger partial charge in [-0.15, -0.1) is 0 Å². The predicted molar refractivity (Wildman–Crippen MR) is 70.5 cm³/mol. The van der Waals surface area contributed by atoms with Crippen molar-refractivity contribution >= 4 is 0 Å². The Kier molecular flexibility index (Phi) is 7.82. The van der Waals surface area contributed by atoms with Crippen LogP contribution in [0.15, 0.2) is 0 Å². The molecule has 1 fully saturated rings. The van der Waals surface area contributed by atoms with E-state index in [0.29, 0.717) is 32.0 Å². The van der Waals surface area contributed by atoms with E-state index in [9.17, 15) is 10.2 Å². The fourth-order valence-electron chi connectivity index (χ4n) is 2.58. The Hall–Kier alpha value is -0.160. The van der Waals surface area contributed by atoms with Gasteiger partial charge in [0.1, 0.15) is 0 Å².